The van der Waals surface area contributed by atoms with Crippen LogP contribution in [0.5, 0.6) is 5.75 Å². The predicted octanol–water partition coefficient (Wildman–Crippen LogP) is 1.87. The zero-order valence-electron chi connectivity index (χ0n) is 11.6. The Hall–Kier alpha value is -1.55. The van der Waals surface area contributed by atoms with Gasteiger partial charge in [0.1, 0.15) is 5.75 Å². The van der Waals surface area contributed by atoms with Crippen LogP contribution < -0.4 is 15.4 Å². The first-order valence-corrected chi connectivity index (χ1v) is 6.83. The Labute approximate surface area is 114 Å². The predicted molar refractivity (Wildman–Crippen MR) is 75.1 cm³/mol. The molecule has 1 atom stereocenters. The van der Waals surface area contributed by atoms with Crippen LogP contribution in [0.1, 0.15) is 31.4 Å². The van der Waals surface area contributed by atoms with E-state index in [0.717, 1.165) is 23.8 Å². The lowest BCUT2D eigenvalue weighted by Crippen LogP contribution is -2.36. The van der Waals surface area contributed by atoms with Crippen molar-refractivity contribution in [2.24, 2.45) is 5.92 Å². The number of hydrogen-bond donors (Lipinski definition) is 2. The van der Waals surface area contributed by atoms with Crippen molar-refractivity contribution in [3.05, 3.63) is 29.8 Å². The first kappa shape index (κ1) is 13.9. The molecule has 1 amide bonds. The van der Waals surface area contributed by atoms with Crippen molar-refractivity contribution in [2.75, 3.05) is 20.2 Å². The van der Waals surface area contributed by atoms with Gasteiger partial charge in [-0.1, -0.05) is 12.1 Å². The normalized spacial score (nSPS) is 15.9. The van der Waals surface area contributed by atoms with E-state index in [4.69, 9.17) is 4.74 Å². The number of ether oxygens (including phenoxy) is 1. The third-order valence-electron chi connectivity index (χ3n) is 3.41. The van der Waals surface area contributed by atoms with E-state index in [1.807, 2.05) is 31.2 Å². The summed E-state index contributed by atoms with van der Waals surface area (Å²) in [6.45, 7) is 3.35. The van der Waals surface area contributed by atoms with E-state index in [2.05, 4.69) is 10.6 Å². The fraction of sp³-hybridized carbons (Fsp3) is 0.533. The summed E-state index contributed by atoms with van der Waals surface area (Å²) < 4.78 is 5.11. The lowest BCUT2D eigenvalue weighted by molar-refractivity contribution is -0.120. The summed E-state index contributed by atoms with van der Waals surface area (Å²) in [7, 11) is 1.64. The summed E-state index contributed by atoms with van der Waals surface area (Å²) in [5.74, 6) is 1.67. The molecule has 104 valence electrons. The van der Waals surface area contributed by atoms with Crippen molar-refractivity contribution >= 4 is 5.91 Å². The molecule has 2 N–H and O–H groups in total. The number of benzene rings is 1. The average Bonchev–Trinajstić information content (AvgIpc) is 3.23. The molecule has 1 aromatic carbocycles. The number of rotatable bonds is 7. The van der Waals surface area contributed by atoms with Crippen LogP contribution in [0.4, 0.5) is 0 Å². The second-order valence-electron chi connectivity index (χ2n) is 5.14. The van der Waals surface area contributed by atoms with Gasteiger partial charge in [-0.05, 0) is 49.9 Å². The third-order valence-corrected chi connectivity index (χ3v) is 3.41. The van der Waals surface area contributed by atoms with Crippen LogP contribution in [0.15, 0.2) is 24.3 Å². The minimum atomic E-state index is 0.0149. The van der Waals surface area contributed by atoms with Crippen molar-refractivity contribution in [3.63, 3.8) is 0 Å². The molecule has 4 nitrogen and oxygen atoms in total. The fourth-order valence-electron chi connectivity index (χ4n) is 1.98. The first-order chi connectivity index (χ1) is 9.19. The van der Waals surface area contributed by atoms with E-state index in [1.54, 1.807) is 7.11 Å². The summed E-state index contributed by atoms with van der Waals surface area (Å²) in [5, 5.41) is 6.18. The van der Waals surface area contributed by atoms with Crippen LogP contribution in [0.25, 0.3) is 0 Å². The standard InChI is InChI=1S/C15H22N2O2/c1-11(13-5-7-14(19-2)8-6-13)17-15(18)10-16-9-12-3-4-12/h5-8,11-12,16H,3-4,9-10H2,1-2H3,(H,17,18). The lowest BCUT2D eigenvalue weighted by Gasteiger charge is -2.15. The summed E-state index contributed by atoms with van der Waals surface area (Å²) in [6.07, 6.45) is 2.60. The summed E-state index contributed by atoms with van der Waals surface area (Å²) in [4.78, 5) is 11.8. The maximum atomic E-state index is 11.8. The lowest BCUT2D eigenvalue weighted by atomic mass is 10.1. The van der Waals surface area contributed by atoms with Gasteiger partial charge < -0.3 is 15.4 Å². The summed E-state index contributed by atoms with van der Waals surface area (Å²) in [5.41, 5.74) is 1.08. The molecule has 0 saturated heterocycles. The van der Waals surface area contributed by atoms with Crippen LogP contribution in [-0.4, -0.2) is 26.1 Å². The van der Waals surface area contributed by atoms with Crippen LogP contribution >= 0.6 is 0 Å². The number of methoxy groups -OCH3 is 1. The van der Waals surface area contributed by atoms with Gasteiger partial charge in [0.2, 0.25) is 5.91 Å². The van der Waals surface area contributed by atoms with Crippen LogP contribution in [-0.2, 0) is 4.79 Å². The van der Waals surface area contributed by atoms with E-state index in [1.165, 1.54) is 12.8 Å². The molecule has 0 spiro atoms. The molecule has 0 aliphatic heterocycles. The zero-order chi connectivity index (χ0) is 13.7. The van der Waals surface area contributed by atoms with E-state index in [-0.39, 0.29) is 11.9 Å². The highest BCUT2D eigenvalue weighted by atomic mass is 16.5. The Kier molecular flexibility index (Phi) is 4.80. The van der Waals surface area contributed by atoms with Crippen molar-refractivity contribution in [1.29, 1.82) is 0 Å². The Morgan fingerprint density at radius 3 is 2.63 bits per heavy atom. The van der Waals surface area contributed by atoms with Gasteiger partial charge in [-0.2, -0.15) is 0 Å². The fourth-order valence-corrected chi connectivity index (χ4v) is 1.98. The quantitative estimate of drug-likeness (QED) is 0.788. The van der Waals surface area contributed by atoms with Gasteiger partial charge >= 0.3 is 0 Å². The summed E-state index contributed by atoms with van der Waals surface area (Å²) >= 11 is 0. The van der Waals surface area contributed by atoms with Crippen molar-refractivity contribution < 1.29 is 9.53 Å². The van der Waals surface area contributed by atoms with Gasteiger partial charge in [0.15, 0.2) is 0 Å². The van der Waals surface area contributed by atoms with Crippen molar-refractivity contribution in [3.8, 4) is 5.75 Å². The Balaban J connectivity index is 1.74. The second-order valence-corrected chi connectivity index (χ2v) is 5.14. The van der Waals surface area contributed by atoms with Gasteiger partial charge in [-0.25, -0.2) is 0 Å². The van der Waals surface area contributed by atoms with Gasteiger partial charge in [0.25, 0.3) is 0 Å². The van der Waals surface area contributed by atoms with Gasteiger partial charge in [-0.15, -0.1) is 0 Å². The molecule has 4 heteroatoms. The van der Waals surface area contributed by atoms with E-state index < -0.39 is 0 Å². The topological polar surface area (TPSA) is 50.4 Å². The van der Waals surface area contributed by atoms with Gasteiger partial charge in [0, 0.05) is 0 Å². The number of hydrogen-bond acceptors (Lipinski definition) is 3. The number of nitrogens with one attached hydrogen (secondary N) is 2. The van der Waals surface area contributed by atoms with Crippen molar-refractivity contribution in [1.82, 2.24) is 10.6 Å². The molecular weight excluding hydrogens is 240 g/mol. The molecule has 0 bridgehead atoms. The van der Waals surface area contributed by atoms with Gasteiger partial charge in [-0.3, -0.25) is 4.79 Å². The van der Waals surface area contributed by atoms with Gasteiger partial charge in [0.05, 0.1) is 19.7 Å². The number of amides is 1. The molecule has 1 aromatic rings. The molecule has 1 saturated carbocycles. The number of carbonyl (C=O) groups excluding carboxylic acids is 1. The second kappa shape index (κ2) is 6.57. The minimum absolute atomic E-state index is 0.0149. The van der Waals surface area contributed by atoms with E-state index >= 15 is 0 Å². The van der Waals surface area contributed by atoms with Crippen LogP contribution in [0.3, 0.4) is 0 Å². The Bertz CT molecular complexity index is 413. The largest absolute Gasteiger partial charge is 0.497 e. The average molecular weight is 262 g/mol. The SMILES string of the molecule is COc1ccc(C(C)NC(=O)CNCC2CC2)cc1. The maximum Gasteiger partial charge on any atom is 0.234 e. The maximum absolute atomic E-state index is 11.8. The molecular formula is C15H22N2O2. The molecule has 0 heterocycles. The minimum Gasteiger partial charge on any atom is -0.497 e. The Morgan fingerprint density at radius 1 is 1.37 bits per heavy atom. The summed E-state index contributed by atoms with van der Waals surface area (Å²) in [6, 6.07) is 7.77. The van der Waals surface area contributed by atoms with Crippen molar-refractivity contribution in [2.45, 2.75) is 25.8 Å². The molecule has 1 unspecified atom stereocenters. The molecule has 1 aliphatic rings. The molecule has 19 heavy (non-hydrogen) atoms. The molecule has 0 radical (unpaired) electrons. The molecule has 2 rings (SSSR count). The van der Waals surface area contributed by atoms with E-state index in [9.17, 15) is 4.79 Å². The number of carbonyl (C=O) groups is 1. The molecule has 0 aromatic heterocycles. The van der Waals surface area contributed by atoms with Crippen LogP contribution in [0, 0.1) is 5.92 Å². The van der Waals surface area contributed by atoms with Crippen LogP contribution in [0.2, 0.25) is 0 Å². The monoisotopic (exact) mass is 262 g/mol. The van der Waals surface area contributed by atoms with E-state index in [0.29, 0.717) is 6.54 Å². The first-order valence-electron chi connectivity index (χ1n) is 6.83. The smallest absolute Gasteiger partial charge is 0.234 e. The zero-order valence-corrected chi connectivity index (χ0v) is 11.6. The third kappa shape index (κ3) is 4.56. The highest BCUT2D eigenvalue weighted by molar-refractivity contribution is 5.78. The molecule has 1 aliphatic carbocycles. The Morgan fingerprint density at radius 2 is 2.05 bits per heavy atom. The highest BCUT2D eigenvalue weighted by Crippen LogP contribution is 2.27. The molecule has 1 fully saturated rings. The highest BCUT2D eigenvalue weighted by Gasteiger charge is 2.20.